The number of rotatable bonds is 5. The molecule has 0 aliphatic heterocycles. The van der Waals surface area contributed by atoms with E-state index in [4.69, 9.17) is 0 Å². The number of aliphatic hydroxyl groups excluding tert-OH is 1. The average Bonchev–Trinajstić information content (AvgIpc) is 3.08. The van der Waals surface area contributed by atoms with Gasteiger partial charge in [0.05, 0.1) is 12.2 Å². The summed E-state index contributed by atoms with van der Waals surface area (Å²) in [7, 11) is 0. The molecule has 0 heterocycles. The summed E-state index contributed by atoms with van der Waals surface area (Å²) >= 11 is 0. The Hall–Kier alpha value is -2.50. The second-order valence-corrected chi connectivity index (χ2v) is 10.4. The van der Waals surface area contributed by atoms with Crippen molar-refractivity contribution < 1.29 is 19.8 Å². The zero-order valence-electron chi connectivity index (χ0n) is 19.2. The summed E-state index contributed by atoms with van der Waals surface area (Å²) in [5, 5.41) is 23.9. The molecule has 0 bridgehead atoms. The maximum atomic E-state index is 12.2. The molecule has 0 aromatic heterocycles. The second-order valence-electron chi connectivity index (χ2n) is 10.4. The first-order valence-corrected chi connectivity index (χ1v) is 12.2. The van der Waals surface area contributed by atoms with E-state index in [1.807, 2.05) is 24.3 Å². The van der Waals surface area contributed by atoms with Crippen LogP contribution in [0.2, 0.25) is 0 Å². The molecule has 1 amide bonds. The SMILES string of the molecule is C[C@]12C[C@H](c3ccc(NC=O)cc3)C3=C4CCC(=O)C=C4CC[C@H]3[C@@H]1CC[C@@]2(O)/C=C\CO. The zero-order chi connectivity index (χ0) is 23.2. The highest BCUT2D eigenvalue weighted by atomic mass is 16.3. The van der Waals surface area contributed by atoms with Crippen molar-refractivity contribution in [1.82, 2.24) is 0 Å². The summed E-state index contributed by atoms with van der Waals surface area (Å²) in [6.07, 6.45) is 11.9. The van der Waals surface area contributed by atoms with Crippen molar-refractivity contribution in [1.29, 1.82) is 0 Å². The lowest BCUT2D eigenvalue weighted by molar-refractivity contribution is -0.114. The third kappa shape index (κ3) is 3.53. The molecule has 5 heteroatoms. The first kappa shape index (κ1) is 22.3. The Morgan fingerprint density at radius 1 is 1.15 bits per heavy atom. The number of allylic oxidation sites excluding steroid dienone is 4. The molecule has 174 valence electrons. The third-order valence-electron chi connectivity index (χ3n) is 8.99. The summed E-state index contributed by atoms with van der Waals surface area (Å²) in [5.41, 5.74) is 4.80. The average molecular weight is 448 g/mol. The summed E-state index contributed by atoms with van der Waals surface area (Å²) in [4.78, 5) is 23.0. The van der Waals surface area contributed by atoms with Crippen molar-refractivity contribution in [2.24, 2.45) is 17.3 Å². The molecule has 2 fully saturated rings. The highest BCUT2D eigenvalue weighted by Gasteiger charge is 2.61. The standard InChI is InChI=1S/C28H33NO4/c1-27-16-24(18-3-6-20(7-4-18)29-17-31)26-22-10-8-21(32)15-19(22)5-9-23(26)25(27)11-13-28(27,33)12-2-14-30/h2-4,6-7,12,15,17,23-25,30,33H,5,8-11,13-14,16H2,1H3,(H,29,31)/b12-2-/t23-,24+,25-,27-,28-/m0/s1. The van der Waals surface area contributed by atoms with Gasteiger partial charge in [0.25, 0.3) is 0 Å². The Kier molecular flexibility index (Phi) is 5.66. The Morgan fingerprint density at radius 2 is 1.94 bits per heavy atom. The lowest BCUT2D eigenvalue weighted by atomic mass is 9.51. The number of nitrogens with one attached hydrogen (secondary N) is 1. The minimum Gasteiger partial charge on any atom is -0.392 e. The van der Waals surface area contributed by atoms with Crippen LogP contribution in [0, 0.1) is 17.3 Å². The summed E-state index contributed by atoms with van der Waals surface area (Å²) < 4.78 is 0. The predicted molar refractivity (Wildman–Crippen MR) is 128 cm³/mol. The largest absolute Gasteiger partial charge is 0.392 e. The molecule has 1 aromatic carbocycles. The molecule has 0 radical (unpaired) electrons. The molecule has 2 saturated carbocycles. The molecule has 4 aliphatic carbocycles. The number of ketones is 1. The van der Waals surface area contributed by atoms with Crippen LogP contribution in [0.15, 0.2) is 59.2 Å². The number of amides is 1. The van der Waals surface area contributed by atoms with Gasteiger partial charge in [-0.3, -0.25) is 9.59 Å². The van der Waals surface area contributed by atoms with E-state index < -0.39 is 5.60 Å². The van der Waals surface area contributed by atoms with E-state index in [0.29, 0.717) is 31.1 Å². The molecule has 1 aromatic rings. The van der Waals surface area contributed by atoms with Gasteiger partial charge in [-0.05, 0) is 85.3 Å². The number of anilines is 1. The van der Waals surface area contributed by atoms with Crippen molar-refractivity contribution in [2.45, 2.75) is 63.4 Å². The molecule has 0 spiro atoms. The van der Waals surface area contributed by atoms with Crippen molar-refractivity contribution in [3.05, 3.63) is 64.8 Å². The molecule has 5 nitrogen and oxygen atoms in total. The first-order valence-electron chi connectivity index (χ1n) is 12.2. The molecule has 0 saturated heterocycles. The number of benzene rings is 1. The minimum atomic E-state index is -0.938. The number of carbonyl (C=O) groups excluding carboxylic acids is 2. The van der Waals surface area contributed by atoms with E-state index >= 15 is 0 Å². The Bertz CT molecular complexity index is 1050. The number of aliphatic hydroxyl groups is 2. The lowest BCUT2D eigenvalue weighted by Crippen LogP contribution is -2.50. The normalized spacial score (nSPS) is 35.7. The van der Waals surface area contributed by atoms with Crippen LogP contribution in [0.1, 0.15) is 63.4 Å². The molecular weight excluding hydrogens is 414 g/mol. The van der Waals surface area contributed by atoms with Gasteiger partial charge < -0.3 is 15.5 Å². The van der Waals surface area contributed by atoms with Gasteiger partial charge in [0, 0.05) is 23.4 Å². The highest BCUT2D eigenvalue weighted by molar-refractivity contribution is 5.93. The van der Waals surface area contributed by atoms with Gasteiger partial charge in [-0.1, -0.05) is 36.8 Å². The van der Waals surface area contributed by atoms with Crippen molar-refractivity contribution >= 4 is 17.9 Å². The van der Waals surface area contributed by atoms with Gasteiger partial charge in [0.15, 0.2) is 5.78 Å². The number of carbonyl (C=O) groups is 2. The van der Waals surface area contributed by atoms with Crippen LogP contribution < -0.4 is 5.32 Å². The predicted octanol–water partition coefficient (Wildman–Crippen LogP) is 4.43. The second kappa shape index (κ2) is 8.37. The molecule has 5 rings (SSSR count). The topological polar surface area (TPSA) is 86.6 Å². The smallest absolute Gasteiger partial charge is 0.211 e. The Balaban J connectivity index is 1.64. The highest BCUT2D eigenvalue weighted by Crippen LogP contribution is 2.67. The van der Waals surface area contributed by atoms with Crippen LogP contribution in [0.4, 0.5) is 5.69 Å². The van der Waals surface area contributed by atoms with E-state index in [-0.39, 0.29) is 23.7 Å². The molecule has 0 unspecified atom stereocenters. The van der Waals surface area contributed by atoms with Crippen LogP contribution in [0.3, 0.4) is 0 Å². The molecule has 4 aliphatic rings. The van der Waals surface area contributed by atoms with E-state index in [2.05, 4.69) is 24.4 Å². The fraction of sp³-hybridized carbons (Fsp3) is 0.500. The fourth-order valence-electron chi connectivity index (χ4n) is 7.40. The van der Waals surface area contributed by atoms with Crippen LogP contribution in [0.5, 0.6) is 0 Å². The molecular formula is C28H33NO4. The number of fused-ring (bicyclic) bond motifs is 4. The van der Waals surface area contributed by atoms with Gasteiger partial charge in [-0.2, -0.15) is 0 Å². The summed E-state index contributed by atoms with van der Waals surface area (Å²) in [6, 6.07) is 8.06. The van der Waals surface area contributed by atoms with E-state index in [9.17, 15) is 19.8 Å². The number of hydrogen-bond donors (Lipinski definition) is 3. The van der Waals surface area contributed by atoms with Gasteiger partial charge in [-0.25, -0.2) is 0 Å². The molecule has 5 atom stereocenters. The van der Waals surface area contributed by atoms with Crippen LogP contribution in [-0.4, -0.2) is 34.6 Å². The maximum absolute atomic E-state index is 12.2. The first-order chi connectivity index (χ1) is 15.9. The quantitative estimate of drug-likeness (QED) is 0.460. The van der Waals surface area contributed by atoms with E-state index in [1.54, 1.807) is 6.08 Å². The summed E-state index contributed by atoms with van der Waals surface area (Å²) in [6.45, 7) is 2.16. The van der Waals surface area contributed by atoms with Gasteiger partial charge >= 0.3 is 0 Å². The zero-order valence-corrected chi connectivity index (χ0v) is 19.2. The van der Waals surface area contributed by atoms with Crippen molar-refractivity contribution in [3.63, 3.8) is 0 Å². The van der Waals surface area contributed by atoms with Crippen molar-refractivity contribution in [3.8, 4) is 0 Å². The van der Waals surface area contributed by atoms with Crippen LogP contribution in [0.25, 0.3) is 0 Å². The van der Waals surface area contributed by atoms with Crippen molar-refractivity contribution in [2.75, 3.05) is 11.9 Å². The van der Waals surface area contributed by atoms with Gasteiger partial charge in [0.2, 0.25) is 6.41 Å². The van der Waals surface area contributed by atoms with Gasteiger partial charge in [-0.15, -0.1) is 0 Å². The summed E-state index contributed by atoms with van der Waals surface area (Å²) in [5.74, 6) is 1.15. The van der Waals surface area contributed by atoms with E-state index in [1.165, 1.54) is 22.3 Å². The van der Waals surface area contributed by atoms with Gasteiger partial charge in [0.1, 0.15) is 0 Å². The van der Waals surface area contributed by atoms with E-state index in [0.717, 1.165) is 37.8 Å². The lowest BCUT2D eigenvalue weighted by Gasteiger charge is -2.54. The third-order valence-corrected chi connectivity index (χ3v) is 8.99. The fourth-order valence-corrected chi connectivity index (χ4v) is 7.40. The molecule has 33 heavy (non-hydrogen) atoms. The monoisotopic (exact) mass is 447 g/mol. The Morgan fingerprint density at radius 3 is 2.67 bits per heavy atom. The minimum absolute atomic E-state index is 0.0708. The number of hydrogen-bond acceptors (Lipinski definition) is 4. The van der Waals surface area contributed by atoms with Crippen LogP contribution >= 0.6 is 0 Å². The maximum Gasteiger partial charge on any atom is 0.211 e. The Labute approximate surface area is 195 Å². The van der Waals surface area contributed by atoms with Crippen LogP contribution in [-0.2, 0) is 9.59 Å². The molecule has 3 N–H and O–H groups in total.